The summed E-state index contributed by atoms with van der Waals surface area (Å²) in [6, 6.07) is 4.36. The highest BCUT2D eigenvalue weighted by atomic mass is 35.5. The van der Waals surface area contributed by atoms with Crippen molar-refractivity contribution in [3.05, 3.63) is 34.9 Å². The van der Waals surface area contributed by atoms with Gasteiger partial charge in [0.15, 0.2) is 5.82 Å². The molecule has 1 unspecified atom stereocenters. The zero-order chi connectivity index (χ0) is 12.4. The van der Waals surface area contributed by atoms with E-state index in [1.807, 2.05) is 6.92 Å². The Balaban J connectivity index is 2.34. The van der Waals surface area contributed by atoms with Crippen molar-refractivity contribution in [3.8, 4) is 11.5 Å². The van der Waals surface area contributed by atoms with E-state index in [2.05, 4.69) is 10.1 Å². The summed E-state index contributed by atoms with van der Waals surface area (Å²) in [6.07, 6.45) is 0.496. The third-order valence-corrected chi connectivity index (χ3v) is 2.54. The van der Waals surface area contributed by atoms with E-state index in [0.29, 0.717) is 17.8 Å². The number of rotatable bonds is 3. The molecule has 0 saturated heterocycles. The first kappa shape index (κ1) is 12.0. The van der Waals surface area contributed by atoms with Gasteiger partial charge in [-0.25, -0.2) is 4.39 Å². The Kier molecular flexibility index (Phi) is 3.40. The van der Waals surface area contributed by atoms with E-state index in [1.54, 1.807) is 6.07 Å². The van der Waals surface area contributed by atoms with Gasteiger partial charge in [-0.15, -0.1) is 0 Å². The summed E-state index contributed by atoms with van der Waals surface area (Å²) in [7, 11) is 0. The Morgan fingerprint density at radius 2 is 2.29 bits per heavy atom. The van der Waals surface area contributed by atoms with Crippen LogP contribution in [0.4, 0.5) is 4.39 Å². The van der Waals surface area contributed by atoms with Crippen molar-refractivity contribution in [1.29, 1.82) is 0 Å². The molecule has 1 atom stereocenters. The monoisotopic (exact) mass is 255 g/mol. The summed E-state index contributed by atoms with van der Waals surface area (Å²) < 4.78 is 18.3. The number of halogens is 2. The van der Waals surface area contributed by atoms with Gasteiger partial charge in [0.25, 0.3) is 5.89 Å². The van der Waals surface area contributed by atoms with E-state index in [4.69, 9.17) is 21.9 Å². The number of benzene rings is 1. The van der Waals surface area contributed by atoms with Gasteiger partial charge in [0.05, 0.1) is 10.6 Å². The van der Waals surface area contributed by atoms with Crippen LogP contribution < -0.4 is 5.73 Å². The molecule has 17 heavy (non-hydrogen) atoms. The number of hydrogen-bond donors (Lipinski definition) is 1. The minimum Gasteiger partial charge on any atom is -0.334 e. The van der Waals surface area contributed by atoms with Crippen molar-refractivity contribution in [3.63, 3.8) is 0 Å². The molecule has 1 heterocycles. The fourth-order valence-corrected chi connectivity index (χ4v) is 1.61. The molecular formula is C11H11ClFN3O. The maximum atomic E-state index is 13.2. The van der Waals surface area contributed by atoms with Crippen LogP contribution in [0.2, 0.25) is 5.02 Å². The first-order valence-corrected chi connectivity index (χ1v) is 5.48. The molecule has 2 aromatic rings. The molecule has 2 N–H and O–H groups in total. The van der Waals surface area contributed by atoms with Crippen LogP contribution in [0.25, 0.3) is 11.5 Å². The van der Waals surface area contributed by atoms with Gasteiger partial charge in [0.1, 0.15) is 5.82 Å². The van der Waals surface area contributed by atoms with Crippen LogP contribution in [0, 0.1) is 5.82 Å². The minimum atomic E-state index is -0.517. The van der Waals surface area contributed by atoms with Gasteiger partial charge in [0.2, 0.25) is 0 Å². The molecule has 2 rings (SSSR count). The molecule has 6 heteroatoms. The summed E-state index contributed by atoms with van der Waals surface area (Å²) in [5.41, 5.74) is 6.00. The highest BCUT2D eigenvalue weighted by molar-refractivity contribution is 6.33. The molecule has 4 nitrogen and oxygen atoms in total. The molecule has 1 aromatic heterocycles. The third-order valence-electron chi connectivity index (χ3n) is 2.15. The lowest BCUT2D eigenvalue weighted by Crippen LogP contribution is -2.18. The fourth-order valence-electron chi connectivity index (χ4n) is 1.40. The van der Waals surface area contributed by atoms with Crippen molar-refractivity contribution in [1.82, 2.24) is 10.1 Å². The van der Waals surface area contributed by atoms with Crippen LogP contribution in [-0.2, 0) is 6.42 Å². The van der Waals surface area contributed by atoms with Gasteiger partial charge in [-0.1, -0.05) is 22.8 Å². The van der Waals surface area contributed by atoms with E-state index in [1.165, 1.54) is 12.1 Å². The van der Waals surface area contributed by atoms with Crippen molar-refractivity contribution in [2.75, 3.05) is 0 Å². The van der Waals surface area contributed by atoms with Gasteiger partial charge in [-0.2, -0.15) is 4.98 Å². The third kappa shape index (κ3) is 2.62. The SMILES string of the molecule is CC(N)Cc1noc(-c2cccc(F)c2Cl)n1. The largest absolute Gasteiger partial charge is 0.334 e. The second-order valence-corrected chi connectivity index (χ2v) is 4.18. The highest BCUT2D eigenvalue weighted by Crippen LogP contribution is 2.28. The molecule has 0 bridgehead atoms. The zero-order valence-corrected chi connectivity index (χ0v) is 9.91. The second kappa shape index (κ2) is 4.81. The van der Waals surface area contributed by atoms with Crippen LogP contribution in [0.15, 0.2) is 22.7 Å². The number of aromatic nitrogens is 2. The number of nitrogens with two attached hydrogens (primary N) is 1. The number of hydrogen-bond acceptors (Lipinski definition) is 4. The fraction of sp³-hybridized carbons (Fsp3) is 0.273. The van der Waals surface area contributed by atoms with E-state index in [-0.39, 0.29) is 17.0 Å². The maximum Gasteiger partial charge on any atom is 0.259 e. The average Bonchev–Trinajstić information content (AvgIpc) is 2.69. The van der Waals surface area contributed by atoms with Crippen LogP contribution in [0.3, 0.4) is 0 Å². The van der Waals surface area contributed by atoms with Crippen molar-refractivity contribution in [2.24, 2.45) is 5.73 Å². The van der Waals surface area contributed by atoms with Gasteiger partial charge >= 0.3 is 0 Å². The summed E-state index contributed by atoms with van der Waals surface area (Å²) in [4.78, 5) is 4.11. The van der Waals surface area contributed by atoms with Gasteiger partial charge in [-0.3, -0.25) is 0 Å². The summed E-state index contributed by atoms with van der Waals surface area (Å²) >= 11 is 5.82. The summed E-state index contributed by atoms with van der Waals surface area (Å²) in [6.45, 7) is 1.84. The lowest BCUT2D eigenvalue weighted by Gasteiger charge is -1.99. The molecule has 0 aliphatic rings. The smallest absolute Gasteiger partial charge is 0.259 e. The summed E-state index contributed by atoms with van der Waals surface area (Å²) in [5.74, 6) is 0.164. The lowest BCUT2D eigenvalue weighted by molar-refractivity contribution is 0.420. The van der Waals surface area contributed by atoms with Crippen LogP contribution in [0.1, 0.15) is 12.7 Å². The van der Waals surface area contributed by atoms with Gasteiger partial charge in [0, 0.05) is 12.5 Å². The van der Waals surface area contributed by atoms with E-state index in [9.17, 15) is 4.39 Å². The lowest BCUT2D eigenvalue weighted by atomic mass is 10.2. The van der Waals surface area contributed by atoms with Crippen molar-refractivity contribution >= 4 is 11.6 Å². The van der Waals surface area contributed by atoms with Crippen molar-refractivity contribution < 1.29 is 8.91 Å². The topological polar surface area (TPSA) is 64.9 Å². The predicted molar refractivity (Wildman–Crippen MR) is 62.1 cm³/mol. The summed E-state index contributed by atoms with van der Waals surface area (Å²) in [5, 5.41) is 3.73. The second-order valence-electron chi connectivity index (χ2n) is 3.80. The minimum absolute atomic E-state index is 0.0245. The normalized spacial score (nSPS) is 12.7. The molecule has 90 valence electrons. The maximum absolute atomic E-state index is 13.2. The zero-order valence-electron chi connectivity index (χ0n) is 9.15. The molecule has 0 amide bonds. The van der Waals surface area contributed by atoms with Crippen LogP contribution >= 0.6 is 11.6 Å². The molecule has 0 aliphatic heterocycles. The molecular weight excluding hydrogens is 245 g/mol. The Morgan fingerprint density at radius 3 is 3.00 bits per heavy atom. The van der Waals surface area contributed by atoms with E-state index >= 15 is 0 Å². The molecule has 0 aliphatic carbocycles. The van der Waals surface area contributed by atoms with Crippen LogP contribution in [-0.4, -0.2) is 16.2 Å². The van der Waals surface area contributed by atoms with Crippen molar-refractivity contribution in [2.45, 2.75) is 19.4 Å². The first-order valence-electron chi connectivity index (χ1n) is 5.10. The van der Waals surface area contributed by atoms with Crippen LogP contribution in [0.5, 0.6) is 0 Å². The Bertz CT molecular complexity index is 527. The molecule has 0 spiro atoms. The Morgan fingerprint density at radius 1 is 1.53 bits per heavy atom. The predicted octanol–water partition coefficient (Wildman–Crippen LogP) is 2.42. The standard InChI is InChI=1S/C11H11ClFN3O/c1-6(14)5-9-15-11(17-16-9)7-3-2-4-8(13)10(7)12/h2-4,6H,5,14H2,1H3. The Labute approximate surface area is 103 Å². The molecule has 1 aromatic carbocycles. The van der Waals surface area contributed by atoms with E-state index in [0.717, 1.165) is 0 Å². The number of nitrogens with zero attached hydrogens (tertiary/aromatic N) is 2. The Hall–Kier alpha value is -1.46. The highest BCUT2D eigenvalue weighted by Gasteiger charge is 2.15. The first-order chi connectivity index (χ1) is 8.08. The van der Waals surface area contributed by atoms with Gasteiger partial charge < -0.3 is 10.3 Å². The van der Waals surface area contributed by atoms with Gasteiger partial charge in [-0.05, 0) is 19.1 Å². The van der Waals surface area contributed by atoms with E-state index < -0.39 is 5.82 Å². The quantitative estimate of drug-likeness (QED) is 0.915. The molecule has 0 fully saturated rings. The average molecular weight is 256 g/mol. The molecule has 0 radical (unpaired) electrons. The molecule has 0 saturated carbocycles.